The van der Waals surface area contributed by atoms with Crippen molar-refractivity contribution in [3.8, 4) is 0 Å². The Morgan fingerprint density at radius 2 is 2.27 bits per heavy atom. The summed E-state index contributed by atoms with van der Waals surface area (Å²) in [7, 11) is 3.63. The predicted molar refractivity (Wildman–Crippen MR) is 61.8 cm³/mol. The third-order valence-corrected chi connectivity index (χ3v) is 2.86. The maximum Gasteiger partial charge on any atom is 0.236 e. The minimum absolute atomic E-state index is 0.201. The van der Waals surface area contributed by atoms with Gasteiger partial charge in [0.1, 0.15) is 0 Å². The van der Waals surface area contributed by atoms with Gasteiger partial charge in [-0.05, 0) is 25.9 Å². The first-order chi connectivity index (χ1) is 7.13. The lowest BCUT2D eigenvalue weighted by Gasteiger charge is -2.33. The Morgan fingerprint density at radius 3 is 2.87 bits per heavy atom. The van der Waals surface area contributed by atoms with E-state index >= 15 is 0 Å². The van der Waals surface area contributed by atoms with E-state index in [1.165, 1.54) is 12.8 Å². The van der Waals surface area contributed by atoms with Gasteiger partial charge in [-0.1, -0.05) is 6.92 Å². The second-order valence-electron chi connectivity index (χ2n) is 4.42. The minimum atomic E-state index is 0.201. The molecule has 0 saturated carbocycles. The fraction of sp³-hybridized carbons (Fsp3) is 0.909. The van der Waals surface area contributed by atoms with Crippen molar-refractivity contribution in [3.63, 3.8) is 0 Å². The molecule has 88 valence electrons. The summed E-state index contributed by atoms with van der Waals surface area (Å²) in [5, 5.41) is 3.45. The van der Waals surface area contributed by atoms with E-state index in [9.17, 15) is 4.79 Å². The van der Waals surface area contributed by atoms with Gasteiger partial charge in [-0.3, -0.25) is 9.69 Å². The highest BCUT2D eigenvalue weighted by atomic mass is 16.2. The predicted octanol–water partition coefficient (Wildman–Crippen LogP) is 0.149. The van der Waals surface area contributed by atoms with E-state index in [1.54, 1.807) is 4.90 Å². The molecule has 1 unspecified atom stereocenters. The Kier molecular flexibility index (Phi) is 5.05. The summed E-state index contributed by atoms with van der Waals surface area (Å²) in [5.74, 6) is 0.201. The van der Waals surface area contributed by atoms with Gasteiger partial charge in [-0.15, -0.1) is 0 Å². The van der Waals surface area contributed by atoms with Crippen molar-refractivity contribution in [2.24, 2.45) is 0 Å². The van der Waals surface area contributed by atoms with Gasteiger partial charge >= 0.3 is 0 Å². The second-order valence-corrected chi connectivity index (χ2v) is 4.42. The summed E-state index contributed by atoms with van der Waals surface area (Å²) in [6.07, 6.45) is 2.43. The number of likely N-dealkylation sites (N-methyl/N-ethyl adjacent to an activating group) is 2. The number of hydrogen-bond donors (Lipinski definition) is 1. The zero-order chi connectivity index (χ0) is 11.3. The van der Waals surface area contributed by atoms with Crippen LogP contribution in [-0.4, -0.2) is 62.0 Å². The van der Waals surface area contributed by atoms with Crippen molar-refractivity contribution in [2.45, 2.75) is 25.8 Å². The summed E-state index contributed by atoms with van der Waals surface area (Å²) in [4.78, 5) is 15.5. The Labute approximate surface area is 92.6 Å². The van der Waals surface area contributed by atoms with Gasteiger partial charge in [0.15, 0.2) is 0 Å². The van der Waals surface area contributed by atoms with Crippen LogP contribution in [0.4, 0.5) is 0 Å². The number of hydrogen-bond acceptors (Lipinski definition) is 3. The molecule has 1 aliphatic heterocycles. The van der Waals surface area contributed by atoms with Crippen molar-refractivity contribution in [1.82, 2.24) is 15.1 Å². The summed E-state index contributed by atoms with van der Waals surface area (Å²) >= 11 is 0. The molecule has 0 radical (unpaired) electrons. The summed E-state index contributed by atoms with van der Waals surface area (Å²) in [5.41, 5.74) is 0. The van der Waals surface area contributed by atoms with Gasteiger partial charge in [0.25, 0.3) is 0 Å². The van der Waals surface area contributed by atoms with E-state index in [1.807, 2.05) is 14.1 Å². The highest BCUT2D eigenvalue weighted by Gasteiger charge is 2.21. The molecule has 4 heteroatoms. The molecule has 0 spiro atoms. The number of likely N-dealkylation sites (tertiary alicyclic amines) is 1. The molecule has 1 rings (SSSR count). The zero-order valence-electron chi connectivity index (χ0n) is 10.1. The number of carbonyl (C=O) groups excluding carboxylic acids is 1. The van der Waals surface area contributed by atoms with Crippen molar-refractivity contribution in [3.05, 3.63) is 0 Å². The number of amides is 1. The van der Waals surface area contributed by atoms with Gasteiger partial charge in [0, 0.05) is 26.7 Å². The Bertz CT molecular complexity index is 204. The number of nitrogens with one attached hydrogen (secondary N) is 1. The molecule has 1 atom stereocenters. The van der Waals surface area contributed by atoms with Crippen LogP contribution < -0.4 is 5.32 Å². The Hall–Kier alpha value is -0.610. The molecule has 0 aliphatic carbocycles. The average Bonchev–Trinajstić information content (AvgIpc) is 2.18. The molecule has 0 bridgehead atoms. The first-order valence-electron chi connectivity index (χ1n) is 5.79. The minimum Gasteiger partial charge on any atom is -0.348 e. The van der Waals surface area contributed by atoms with Crippen LogP contribution in [0.2, 0.25) is 0 Å². The lowest BCUT2D eigenvalue weighted by Crippen LogP contribution is -2.48. The summed E-state index contributed by atoms with van der Waals surface area (Å²) < 4.78 is 0. The van der Waals surface area contributed by atoms with Crippen molar-refractivity contribution < 1.29 is 4.79 Å². The van der Waals surface area contributed by atoms with Crippen LogP contribution in [0.25, 0.3) is 0 Å². The summed E-state index contributed by atoms with van der Waals surface area (Å²) in [6.45, 7) is 5.77. The number of piperidine rings is 1. The third kappa shape index (κ3) is 4.18. The molecular weight excluding hydrogens is 190 g/mol. The molecule has 1 saturated heterocycles. The van der Waals surface area contributed by atoms with E-state index < -0.39 is 0 Å². The monoisotopic (exact) mass is 213 g/mol. The molecule has 1 amide bonds. The normalized spacial score (nSPS) is 22.7. The lowest BCUT2D eigenvalue weighted by atomic mass is 10.1. The van der Waals surface area contributed by atoms with Gasteiger partial charge in [-0.25, -0.2) is 0 Å². The van der Waals surface area contributed by atoms with Crippen LogP contribution in [0.15, 0.2) is 0 Å². The molecule has 1 aliphatic rings. The lowest BCUT2D eigenvalue weighted by molar-refractivity contribution is -0.130. The highest BCUT2D eigenvalue weighted by molar-refractivity contribution is 5.77. The molecule has 0 aromatic rings. The smallest absolute Gasteiger partial charge is 0.236 e. The van der Waals surface area contributed by atoms with Crippen LogP contribution in [0.1, 0.15) is 19.8 Å². The first-order valence-corrected chi connectivity index (χ1v) is 5.79. The van der Waals surface area contributed by atoms with Crippen LogP contribution >= 0.6 is 0 Å². The first kappa shape index (κ1) is 12.5. The molecule has 0 aromatic heterocycles. The quantitative estimate of drug-likeness (QED) is 0.722. The van der Waals surface area contributed by atoms with Gasteiger partial charge in [0.05, 0.1) is 6.54 Å². The van der Waals surface area contributed by atoms with Crippen LogP contribution in [0, 0.1) is 0 Å². The van der Waals surface area contributed by atoms with E-state index in [0.717, 1.165) is 19.6 Å². The Morgan fingerprint density at radius 1 is 1.53 bits per heavy atom. The van der Waals surface area contributed by atoms with E-state index in [4.69, 9.17) is 0 Å². The largest absolute Gasteiger partial charge is 0.348 e. The molecule has 0 aromatic carbocycles. The van der Waals surface area contributed by atoms with E-state index in [2.05, 4.69) is 17.1 Å². The topological polar surface area (TPSA) is 35.6 Å². The fourth-order valence-electron chi connectivity index (χ4n) is 1.99. The van der Waals surface area contributed by atoms with Gasteiger partial charge in [-0.2, -0.15) is 0 Å². The second kappa shape index (κ2) is 6.08. The average molecular weight is 213 g/mol. The highest BCUT2D eigenvalue weighted by Crippen LogP contribution is 2.09. The molecule has 1 fully saturated rings. The molecule has 4 nitrogen and oxygen atoms in total. The van der Waals surface area contributed by atoms with Crippen molar-refractivity contribution in [1.29, 1.82) is 0 Å². The number of nitrogens with zero attached hydrogens (tertiary/aromatic N) is 2. The standard InChI is InChI=1S/C11H23N3O/c1-4-12-10-6-5-7-14(8-10)9-11(15)13(2)3/h10,12H,4-9H2,1-3H3. The molecule has 15 heavy (non-hydrogen) atoms. The SMILES string of the molecule is CCNC1CCCN(CC(=O)N(C)C)C1. The maximum atomic E-state index is 11.5. The van der Waals surface area contributed by atoms with E-state index in [-0.39, 0.29) is 5.91 Å². The van der Waals surface area contributed by atoms with E-state index in [0.29, 0.717) is 12.6 Å². The molecule has 1 heterocycles. The van der Waals surface area contributed by atoms with Crippen molar-refractivity contribution >= 4 is 5.91 Å². The van der Waals surface area contributed by atoms with Crippen LogP contribution in [0.5, 0.6) is 0 Å². The molecule has 1 N–H and O–H groups in total. The zero-order valence-corrected chi connectivity index (χ0v) is 10.1. The maximum absolute atomic E-state index is 11.5. The van der Waals surface area contributed by atoms with Crippen LogP contribution in [0.3, 0.4) is 0 Å². The molecular formula is C11H23N3O. The van der Waals surface area contributed by atoms with Crippen molar-refractivity contribution in [2.75, 3.05) is 40.3 Å². The fourth-order valence-corrected chi connectivity index (χ4v) is 1.99. The Balaban J connectivity index is 2.32. The van der Waals surface area contributed by atoms with Gasteiger partial charge < -0.3 is 10.2 Å². The number of carbonyl (C=O) groups is 1. The number of rotatable bonds is 4. The van der Waals surface area contributed by atoms with Crippen LogP contribution in [-0.2, 0) is 4.79 Å². The van der Waals surface area contributed by atoms with Gasteiger partial charge in [0.2, 0.25) is 5.91 Å². The summed E-state index contributed by atoms with van der Waals surface area (Å²) in [6, 6.07) is 0.568. The third-order valence-electron chi connectivity index (χ3n) is 2.86.